The Morgan fingerprint density at radius 2 is 1.81 bits per heavy atom. The molecule has 0 radical (unpaired) electrons. The first-order chi connectivity index (χ1) is 10.1. The van der Waals surface area contributed by atoms with Crippen molar-refractivity contribution >= 4 is 11.8 Å². The van der Waals surface area contributed by atoms with E-state index < -0.39 is 0 Å². The summed E-state index contributed by atoms with van der Waals surface area (Å²) in [7, 11) is 0. The highest BCUT2D eigenvalue weighted by Crippen LogP contribution is 2.45. The number of hydrogen-bond acceptors (Lipinski definition) is 3. The van der Waals surface area contributed by atoms with E-state index in [4.69, 9.17) is 0 Å². The second-order valence-corrected chi connectivity index (χ2v) is 7.54. The Morgan fingerprint density at radius 1 is 1.14 bits per heavy atom. The SMILES string of the molecule is CC1CNCCC1CN1C(=O)CC2(CCCCC2)CC1=O. The highest BCUT2D eigenvalue weighted by atomic mass is 16.2. The van der Waals surface area contributed by atoms with Crippen molar-refractivity contribution in [3.05, 3.63) is 0 Å². The molecule has 0 bridgehead atoms. The number of nitrogens with zero attached hydrogens (tertiary/aromatic N) is 1. The molecule has 3 aliphatic rings. The van der Waals surface area contributed by atoms with E-state index in [2.05, 4.69) is 12.2 Å². The second-order valence-electron chi connectivity index (χ2n) is 7.54. The molecule has 2 heterocycles. The minimum absolute atomic E-state index is 0.0165. The van der Waals surface area contributed by atoms with E-state index in [1.165, 1.54) is 19.3 Å². The molecule has 0 aromatic heterocycles. The van der Waals surface area contributed by atoms with Crippen molar-refractivity contribution in [2.75, 3.05) is 19.6 Å². The molecule has 0 aromatic carbocycles. The predicted octanol–water partition coefficient (Wildman–Crippen LogP) is 2.33. The third-order valence-electron chi connectivity index (χ3n) is 5.95. The summed E-state index contributed by atoms with van der Waals surface area (Å²) in [6, 6.07) is 0. The third-order valence-corrected chi connectivity index (χ3v) is 5.95. The molecule has 4 nitrogen and oxygen atoms in total. The Labute approximate surface area is 127 Å². The molecule has 1 N–H and O–H groups in total. The largest absolute Gasteiger partial charge is 0.316 e. The number of nitrogens with one attached hydrogen (secondary N) is 1. The van der Waals surface area contributed by atoms with Crippen LogP contribution in [0.4, 0.5) is 0 Å². The maximum atomic E-state index is 12.5. The number of piperidine rings is 2. The number of carbonyl (C=O) groups excluding carboxylic acids is 2. The first-order valence-electron chi connectivity index (χ1n) is 8.64. The van der Waals surface area contributed by atoms with Gasteiger partial charge in [0.25, 0.3) is 0 Å². The quantitative estimate of drug-likeness (QED) is 0.795. The molecule has 2 unspecified atom stereocenters. The topological polar surface area (TPSA) is 49.4 Å². The van der Waals surface area contributed by atoms with Crippen LogP contribution in [0.3, 0.4) is 0 Å². The van der Waals surface area contributed by atoms with E-state index in [9.17, 15) is 9.59 Å². The van der Waals surface area contributed by atoms with Crippen LogP contribution in [-0.4, -0.2) is 36.3 Å². The van der Waals surface area contributed by atoms with Crippen LogP contribution in [0.25, 0.3) is 0 Å². The van der Waals surface area contributed by atoms with Crippen molar-refractivity contribution < 1.29 is 9.59 Å². The Hall–Kier alpha value is -0.900. The number of amides is 2. The molecule has 2 saturated heterocycles. The first kappa shape index (κ1) is 15.0. The van der Waals surface area contributed by atoms with Gasteiger partial charge in [0.05, 0.1) is 0 Å². The summed E-state index contributed by atoms with van der Waals surface area (Å²) in [5.74, 6) is 1.21. The lowest BCUT2D eigenvalue weighted by Gasteiger charge is -2.43. The van der Waals surface area contributed by atoms with Gasteiger partial charge in [0.2, 0.25) is 11.8 Å². The summed E-state index contributed by atoms with van der Waals surface area (Å²) >= 11 is 0. The highest BCUT2D eigenvalue weighted by molar-refractivity contribution is 5.98. The van der Waals surface area contributed by atoms with Crippen LogP contribution in [-0.2, 0) is 9.59 Å². The zero-order valence-corrected chi connectivity index (χ0v) is 13.2. The number of carbonyl (C=O) groups is 2. The van der Waals surface area contributed by atoms with Crippen LogP contribution in [0.5, 0.6) is 0 Å². The Kier molecular flexibility index (Phi) is 4.34. The number of rotatable bonds is 2. The Bertz CT molecular complexity index is 395. The summed E-state index contributed by atoms with van der Waals surface area (Å²) in [4.78, 5) is 26.7. The van der Waals surface area contributed by atoms with E-state index in [1.54, 1.807) is 4.90 Å². The van der Waals surface area contributed by atoms with Gasteiger partial charge in [0.1, 0.15) is 0 Å². The van der Waals surface area contributed by atoms with Crippen LogP contribution in [0.15, 0.2) is 0 Å². The summed E-state index contributed by atoms with van der Waals surface area (Å²) in [5.41, 5.74) is 0.0165. The molecule has 2 aliphatic heterocycles. The maximum Gasteiger partial charge on any atom is 0.229 e. The molecule has 1 aliphatic carbocycles. The zero-order chi connectivity index (χ0) is 14.9. The predicted molar refractivity (Wildman–Crippen MR) is 81.6 cm³/mol. The van der Waals surface area contributed by atoms with Gasteiger partial charge in [-0.2, -0.15) is 0 Å². The molecule has 1 spiro atoms. The fourth-order valence-electron chi connectivity index (χ4n) is 4.47. The Morgan fingerprint density at radius 3 is 2.43 bits per heavy atom. The smallest absolute Gasteiger partial charge is 0.229 e. The molecule has 1 saturated carbocycles. The minimum Gasteiger partial charge on any atom is -0.316 e. The fourth-order valence-corrected chi connectivity index (χ4v) is 4.47. The van der Waals surface area contributed by atoms with Gasteiger partial charge in [-0.3, -0.25) is 14.5 Å². The first-order valence-corrected chi connectivity index (χ1v) is 8.64. The molecule has 2 atom stereocenters. The molecule has 118 valence electrons. The van der Waals surface area contributed by atoms with Gasteiger partial charge < -0.3 is 5.32 Å². The standard InChI is InChI=1S/C17H28N2O2/c1-13-11-18-8-5-14(13)12-19-15(20)9-17(10-16(19)21)6-3-2-4-7-17/h13-14,18H,2-12H2,1H3. The monoisotopic (exact) mass is 292 g/mol. The van der Waals surface area contributed by atoms with E-state index in [-0.39, 0.29) is 17.2 Å². The van der Waals surface area contributed by atoms with Crippen LogP contribution in [0, 0.1) is 17.3 Å². The van der Waals surface area contributed by atoms with Gasteiger partial charge in [0, 0.05) is 19.4 Å². The molecular formula is C17H28N2O2. The van der Waals surface area contributed by atoms with Crippen LogP contribution in [0.1, 0.15) is 58.3 Å². The number of hydrogen-bond donors (Lipinski definition) is 1. The van der Waals surface area contributed by atoms with Gasteiger partial charge in [-0.05, 0) is 49.6 Å². The summed E-state index contributed by atoms with van der Waals surface area (Å²) in [6.45, 7) is 4.88. The molecule has 0 aromatic rings. The highest BCUT2D eigenvalue weighted by Gasteiger charge is 2.44. The normalized spacial score (nSPS) is 33.5. The van der Waals surface area contributed by atoms with Crippen molar-refractivity contribution in [1.29, 1.82) is 0 Å². The summed E-state index contributed by atoms with van der Waals surface area (Å²) < 4.78 is 0. The summed E-state index contributed by atoms with van der Waals surface area (Å²) in [6.07, 6.45) is 8.07. The van der Waals surface area contributed by atoms with Crippen LogP contribution < -0.4 is 5.32 Å². The average molecular weight is 292 g/mol. The van der Waals surface area contributed by atoms with E-state index in [1.807, 2.05) is 0 Å². The van der Waals surface area contributed by atoms with Gasteiger partial charge in [0.15, 0.2) is 0 Å². The third kappa shape index (κ3) is 3.15. The summed E-state index contributed by atoms with van der Waals surface area (Å²) in [5, 5.41) is 3.38. The zero-order valence-electron chi connectivity index (χ0n) is 13.2. The van der Waals surface area contributed by atoms with E-state index >= 15 is 0 Å². The number of likely N-dealkylation sites (tertiary alicyclic amines) is 1. The fraction of sp³-hybridized carbons (Fsp3) is 0.882. The van der Waals surface area contributed by atoms with Crippen molar-refractivity contribution in [3.63, 3.8) is 0 Å². The van der Waals surface area contributed by atoms with Crippen LogP contribution >= 0.6 is 0 Å². The molecule has 3 fully saturated rings. The van der Waals surface area contributed by atoms with Crippen molar-refractivity contribution in [2.24, 2.45) is 17.3 Å². The van der Waals surface area contributed by atoms with Crippen molar-refractivity contribution in [1.82, 2.24) is 10.2 Å². The lowest BCUT2D eigenvalue weighted by molar-refractivity contribution is -0.155. The second kappa shape index (κ2) is 6.07. The molecule has 21 heavy (non-hydrogen) atoms. The van der Waals surface area contributed by atoms with Gasteiger partial charge in [-0.15, -0.1) is 0 Å². The van der Waals surface area contributed by atoms with Crippen molar-refractivity contribution in [2.45, 2.75) is 58.3 Å². The molecule has 2 amide bonds. The molecular weight excluding hydrogens is 264 g/mol. The van der Waals surface area contributed by atoms with Gasteiger partial charge in [-0.1, -0.05) is 26.2 Å². The minimum atomic E-state index is 0.0165. The van der Waals surface area contributed by atoms with Gasteiger partial charge >= 0.3 is 0 Å². The van der Waals surface area contributed by atoms with E-state index in [0.717, 1.165) is 32.4 Å². The molecule has 3 rings (SSSR count). The maximum absolute atomic E-state index is 12.5. The lowest BCUT2D eigenvalue weighted by Crippen LogP contribution is -2.52. The lowest BCUT2D eigenvalue weighted by atomic mass is 9.67. The molecule has 4 heteroatoms. The Balaban J connectivity index is 1.65. The van der Waals surface area contributed by atoms with E-state index in [0.29, 0.717) is 31.2 Å². The van der Waals surface area contributed by atoms with Gasteiger partial charge in [-0.25, -0.2) is 0 Å². The van der Waals surface area contributed by atoms with Crippen molar-refractivity contribution in [3.8, 4) is 0 Å². The average Bonchev–Trinajstić information content (AvgIpc) is 2.45. The van der Waals surface area contributed by atoms with Crippen LogP contribution in [0.2, 0.25) is 0 Å². The number of imide groups is 1.